The molecule has 4 rings (SSSR count). The minimum atomic E-state index is -0.658. The highest BCUT2D eigenvalue weighted by molar-refractivity contribution is 5.96. The van der Waals surface area contributed by atoms with E-state index in [1.165, 1.54) is 13.2 Å². The van der Waals surface area contributed by atoms with Gasteiger partial charge in [0.05, 0.1) is 12.6 Å². The van der Waals surface area contributed by atoms with Gasteiger partial charge in [0, 0.05) is 41.6 Å². The Labute approximate surface area is 229 Å². The molecular formula is C30H38FN3O5. The highest BCUT2D eigenvalue weighted by Gasteiger charge is 2.34. The number of nitrogens with zero attached hydrogens (tertiary/aromatic N) is 2. The molecule has 2 aromatic carbocycles. The summed E-state index contributed by atoms with van der Waals surface area (Å²) in [4.78, 5) is 27.8. The highest BCUT2D eigenvalue weighted by atomic mass is 19.1. The third-order valence-electron chi connectivity index (χ3n) is 6.58. The minimum absolute atomic E-state index is 0.0997. The molecule has 8 nitrogen and oxygen atoms in total. The molecule has 39 heavy (non-hydrogen) atoms. The Bertz CT molecular complexity index is 1400. The number of hydrogen-bond donors (Lipinski definition) is 1. The molecule has 0 bridgehead atoms. The zero-order chi connectivity index (χ0) is 28.7. The third kappa shape index (κ3) is 6.29. The van der Waals surface area contributed by atoms with E-state index < -0.39 is 23.1 Å². The average molecular weight is 540 g/mol. The van der Waals surface area contributed by atoms with Crippen LogP contribution in [0.5, 0.6) is 5.75 Å². The number of hydrogen-bond acceptors (Lipinski definition) is 6. The van der Waals surface area contributed by atoms with E-state index in [0.717, 1.165) is 27.8 Å². The predicted molar refractivity (Wildman–Crippen MR) is 150 cm³/mol. The first-order valence-electron chi connectivity index (χ1n) is 13.1. The molecule has 0 spiro atoms. The van der Waals surface area contributed by atoms with E-state index in [0.29, 0.717) is 24.9 Å². The van der Waals surface area contributed by atoms with Crippen LogP contribution in [0, 0.1) is 5.82 Å². The van der Waals surface area contributed by atoms with Crippen LogP contribution in [0.1, 0.15) is 59.2 Å². The minimum Gasteiger partial charge on any atom is -0.494 e. The molecule has 1 N–H and O–H groups in total. The number of amides is 1. The number of methoxy groups -OCH3 is 1. The van der Waals surface area contributed by atoms with Crippen LogP contribution in [0.4, 0.5) is 25.4 Å². The van der Waals surface area contributed by atoms with Crippen LogP contribution in [0.15, 0.2) is 36.4 Å². The number of anilines is 2. The standard InChI is InChI=1S/C30H38FN3O5/c1-29(2,3)38-27(35)33(7)20-11-13-25-22(17-20)21-15-18(32-19-10-14-26(37-8)23(31)16-19)9-12-24(21)34(25)28(36)39-30(4,5)6/h9-10,12,14-16,20,32H,11,13,17H2,1-8H3. The summed E-state index contributed by atoms with van der Waals surface area (Å²) in [5.41, 5.74) is 2.62. The molecule has 1 atom stereocenters. The van der Waals surface area contributed by atoms with Gasteiger partial charge in [0.2, 0.25) is 0 Å². The van der Waals surface area contributed by atoms with Crippen LogP contribution >= 0.6 is 0 Å². The number of nitrogens with one attached hydrogen (secondary N) is 1. The van der Waals surface area contributed by atoms with Gasteiger partial charge in [0.1, 0.15) is 11.2 Å². The molecule has 1 unspecified atom stereocenters. The molecule has 0 fully saturated rings. The Morgan fingerprint density at radius 1 is 1.00 bits per heavy atom. The second-order valence-corrected chi connectivity index (χ2v) is 11.9. The molecule has 210 valence electrons. The van der Waals surface area contributed by atoms with Gasteiger partial charge in [-0.15, -0.1) is 0 Å². The molecule has 0 saturated heterocycles. The zero-order valence-corrected chi connectivity index (χ0v) is 24.0. The fourth-order valence-corrected chi connectivity index (χ4v) is 4.86. The fourth-order valence-electron chi connectivity index (χ4n) is 4.86. The molecule has 0 aliphatic heterocycles. The summed E-state index contributed by atoms with van der Waals surface area (Å²) in [6.45, 7) is 11.0. The second kappa shape index (κ2) is 10.4. The van der Waals surface area contributed by atoms with Crippen molar-refractivity contribution in [3.63, 3.8) is 0 Å². The number of likely N-dealkylation sites (N-methyl/N-ethyl adjacent to an activating group) is 1. The first-order chi connectivity index (χ1) is 18.2. The van der Waals surface area contributed by atoms with E-state index in [9.17, 15) is 14.0 Å². The van der Waals surface area contributed by atoms with Gasteiger partial charge in [0.15, 0.2) is 11.6 Å². The normalized spacial score (nSPS) is 15.5. The number of fused-ring (bicyclic) bond motifs is 3. The quantitative estimate of drug-likeness (QED) is 0.383. The average Bonchev–Trinajstić information content (AvgIpc) is 3.15. The summed E-state index contributed by atoms with van der Waals surface area (Å²) in [5.74, 6) is -0.301. The van der Waals surface area contributed by atoms with Crippen LogP contribution in [-0.4, -0.2) is 53.1 Å². The fraction of sp³-hybridized carbons (Fsp3) is 0.467. The van der Waals surface area contributed by atoms with E-state index in [2.05, 4.69) is 5.32 Å². The zero-order valence-electron chi connectivity index (χ0n) is 24.0. The summed E-state index contributed by atoms with van der Waals surface area (Å²) in [7, 11) is 3.17. The van der Waals surface area contributed by atoms with Crippen molar-refractivity contribution in [2.45, 2.75) is 78.0 Å². The number of ether oxygens (including phenoxy) is 3. The van der Waals surface area contributed by atoms with Gasteiger partial charge in [-0.2, -0.15) is 0 Å². The third-order valence-corrected chi connectivity index (χ3v) is 6.58. The second-order valence-electron chi connectivity index (χ2n) is 11.9. The topological polar surface area (TPSA) is 82.0 Å². The first kappa shape index (κ1) is 28.3. The van der Waals surface area contributed by atoms with Crippen LogP contribution in [0.2, 0.25) is 0 Å². The Hall–Kier alpha value is -3.75. The number of halogens is 1. The molecule has 1 aliphatic rings. The van der Waals surface area contributed by atoms with Crippen molar-refractivity contribution in [1.82, 2.24) is 9.47 Å². The van der Waals surface area contributed by atoms with Gasteiger partial charge in [-0.25, -0.2) is 18.5 Å². The first-order valence-corrected chi connectivity index (χ1v) is 13.1. The number of benzene rings is 2. The summed E-state index contributed by atoms with van der Waals surface area (Å²) >= 11 is 0. The van der Waals surface area contributed by atoms with Crippen molar-refractivity contribution < 1.29 is 28.2 Å². The molecule has 0 saturated carbocycles. The van der Waals surface area contributed by atoms with Gasteiger partial charge < -0.3 is 24.4 Å². The van der Waals surface area contributed by atoms with E-state index in [-0.39, 0.29) is 17.9 Å². The number of carbonyl (C=O) groups excluding carboxylic acids is 2. The Morgan fingerprint density at radius 2 is 1.64 bits per heavy atom. The summed E-state index contributed by atoms with van der Waals surface area (Å²) in [6.07, 6.45) is 1.00. The predicted octanol–water partition coefficient (Wildman–Crippen LogP) is 7.04. The lowest BCUT2D eigenvalue weighted by molar-refractivity contribution is 0.0207. The summed E-state index contributed by atoms with van der Waals surface area (Å²) < 4.78 is 32.3. The van der Waals surface area contributed by atoms with Crippen LogP contribution < -0.4 is 10.1 Å². The van der Waals surface area contributed by atoms with Crippen molar-refractivity contribution in [3.8, 4) is 5.75 Å². The molecule has 1 amide bonds. The van der Waals surface area contributed by atoms with E-state index in [4.69, 9.17) is 14.2 Å². The monoisotopic (exact) mass is 539 g/mol. The lowest BCUT2D eigenvalue weighted by Crippen LogP contribution is -2.43. The van der Waals surface area contributed by atoms with Gasteiger partial charge >= 0.3 is 12.2 Å². The van der Waals surface area contributed by atoms with Crippen molar-refractivity contribution in [1.29, 1.82) is 0 Å². The van der Waals surface area contributed by atoms with Crippen molar-refractivity contribution in [2.75, 3.05) is 19.5 Å². The van der Waals surface area contributed by atoms with E-state index in [1.807, 2.05) is 59.7 Å². The van der Waals surface area contributed by atoms with Crippen molar-refractivity contribution >= 4 is 34.5 Å². The largest absolute Gasteiger partial charge is 0.494 e. The molecule has 3 aromatic rings. The molecule has 0 radical (unpaired) electrons. The molecular weight excluding hydrogens is 501 g/mol. The lowest BCUT2D eigenvalue weighted by atomic mass is 9.90. The Morgan fingerprint density at radius 3 is 2.26 bits per heavy atom. The Kier molecular flexibility index (Phi) is 7.56. The van der Waals surface area contributed by atoms with Gasteiger partial charge in [-0.05, 0) is 96.7 Å². The van der Waals surface area contributed by atoms with Crippen molar-refractivity contribution in [2.24, 2.45) is 0 Å². The number of aromatic nitrogens is 1. The molecule has 1 heterocycles. The maximum Gasteiger partial charge on any atom is 0.419 e. The van der Waals surface area contributed by atoms with Gasteiger partial charge in [-0.3, -0.25) is 0 Å². The van der Waals surface area contributed by atoms with Crippen LogP contribution in [0.3, 0.4) is 0 Å². The maximum atomic E-state index is 14.3. The molecule has 1 aromatic heterocycles. The van der Waals surface area contributed by atoms with Crippen molar-refractivity contribution in [3.05, 3.63) is 53.5 Å². The number of rotatable bonds is 4. The molecule has 1 aliphatic carbocycles. The van der Waals surface area contributed by atoms with Gasteiger partial charge in [0.25, 0.3) is 0 Å². The smallest absolute Gasteiger partial charge is 0.419 e. The Balaban J connectivity index is 1.73. The molecule has 9 heteroatoms. The summed E-state index contributed by atoms with van der Waals surface area (Å²) in [5, 5.41) is 4.12. The van der Waals surface area contributed by atoms with Gasteiger partial charge in [-0.1, -0.05) is 0 Å². The SMILES string of the molecule is COc1ccc(Nc2ccc3c(c2)c2c(n3C(=O)OC(C)(C)C)CCC(N(C)C(=O)OC(C)(C)C)C2)cc1F. The number of carbonyl (C=O) groups is 2. The van der Waals surface area contributed by atoms with Crippen LogP contribution in [-0.2, 0) is 22.3 Å². The van der Waals surface area contributed by atoms with E-state index in [1.54, 1.807) is 28.6 Å². The lowest BCUT2D eigenvalue weighted by Gasteiger charge is -2.33. The maximum absolute atomic E-state index is 14.3. The van der Waals surface area contributed by atoms with Crippen LogP contribution in [0.25, 0.3) is 10.9 Å². The van der Waals surface area contributed by atoms with E-state index >= 15 is 0 Å². The summed E-state index contributed by atoms with van der Waals surface area (Å²) in [6, 6.07) is 10.2. The highest BCUT2D eigenvalue weighted by Crippen LogP contribution is 2.36.